The number of rotatable bonds is 4. The second kappa shape index (κ2) is 5.66. The lowest BCUT2D eigenvalue weighted by molar-refractivity contribution is 0.195. The Morgan fingerprint density at radius 2 is 2.00 bits per heavy atom. The van der Waals surface area contributed by atoms with Crippen LogP contribution in [-0.4, -0.2) is 11.2 Å². The minimum absolute atomic E-state index is 0.272. The van der Waals surface area contributed by atoms with Gasteiger partial charge in [0, 0.05) is 4.47 Å². The number of halogens is 1. The van der Waals surface area contributed by atoms with E-state index in [4.69, 9.17) is 0 Å². The maximum absolute atomic E-state index is 9.31. The van der Waals surface area contributed by atoms with Gasteiger partial charge < -0.3 is 5.11 Å². The van der Waals surface area contributed by atoms with E-state index in [0.29, 0.717) is 5.92 Å². The normalized spacial score (nSPS) is 15.0. The molecule has 0 heterocycles. The summed E-state index contributed by atoms with van der Waals surface area (Å²) < 4.78 is 1.16. The molecule has 1 aromatic rings. The Kier molecular flexibility index (Phi) is 4.81. The summed E-state index contributed by atoms with van der Waals surface area (Å²) in [5, 5.41) is 9.31. The maximum Gasteiger partial charge on any atom is 0.0552 e. The molecule has 0 amide bonds. The number of hydrogen-bond acceptors (Lipinski definition) is 1. The Hall–Kier alpha value is -0.340. The summed E-state index contributed by atoms with van der Waals surface area (Å²) in [4.78, 5) is 0. The van der Waals surface area contributed by atoms with Crippen LogP contribution in [0.1, 0.15) is 44.2 Å². The molecule has 1 aromatic carbocycles. The Balaban J connectivity index is 2.88. The van der Waals surface area contributed by atoms with Crippen LogP contribution in [0, 0.1) is 0 Å². The molecule has 2 heteroatoms. The van der Waals surface area contributed by atoms with Gasteiger partial charge in [-0.15, -0.1) is 0 Å². The van der Waals surface area contributed by atoms with Crippen molar-refractivity contribution in [2.45, 2.75) is 45.6 Å². The highest BCUT2D eigenvalue weighted by Crippen LogP contribution is 2.28. The molecule has 1 N–H and O–H groups in total. The first kappa shape index (κ1) is 12.7. The van der Waals surface area contributed by atoms with Crippen molar-refractivity contribution in [1.29, 1.82) is 0 Å². The molecule has 1 rings (SSSR count). The standard InChI is InChI=1S/C13H19BrO/c1-4-9(2)12-6-5-11(7-10(3)15)8-13(12)14/h5-6,8-10,15H,4,7H2,1-3H3. The fourth-order valence-electron chi connectivity index (χ4n) is 1.66. The topological polar surface area (TPSA) is 20.2 Å². The molecule has 84 valence electrons. The van der Waals surface area contributed by atoms with Crippen LogP contribution in [-0.2, 0) is 6.42 Å². The van der Waals surface area contributed by atoms with Gasteiger partial charge in [0.05, 0.1) is 6.10 Å². The minimum atomic E-state index is -0.272. The Morgan fingerprint density at radius 1 is 1.33 bits per heavy atom. The molecule has 0 radical (unpaired) electrons. The second-order valence-electron chi connectivity index (χ2n) is 4.22. The van der Waals surface area contributed by atoms with E-state index in [1.165, 1.54) is 11.1 Å². The predicted molar refractivity (Wildman–Crippen MR) is 68.2 cm³/mol. The summed E-state index contributed by atoms with van der Waals surface area (Å²) in [6.07, 6.45) is 1.60. The first-order valence-electron chi connectivity index (χ1n) is 5.51. The van der Waals surface area contributed by atoms with Crippen molar-refractivity contribution in [1.82, 2.24) is 0 Å². The number of benzene rings is 1. The van der Waals surface area contributed by atoms with E-state index in [1.807, 2.05) is 6.92 Å². The highest BCUT2D eigenvalue weighted by Gasteiger charge is 2.08. The van der Waals surface area contributed by atoms with Crippen molar-refractivity contribution < 1.29 is 5.11 Å². The van der Waals surface area contributed by atoms with Gasteiger partial charge in [0.1, 0.15) is 0 Å². The van der Waals surface area contributed by atoms with Gasteiger partial charge in [0.25, 0.3) is 0 Å². The fourth-order valence-corrected chi connectivity index (χ4v) is 2.48. The van der Waals surface area contributed by atoms with Crippen LogP contribution in [0.2, 0.25) is 0 Å². The molecule has 0 aliphatic carbocycles. The van der Waals surface area contributed by atoms with E-state index in [-0.39, 0.29) is 6.10 Å². The van der Waals surface area contributed by atoms with E-state index >= 15 is 0 Å². The van der Waals surface area contributed by atoms with E-state index in [2.05, 4.69) is 48.0 Å². The highest BCUT2D eigenvalue weighted by molar-refractivity contribution is 9.10. The smallest absolute Gasteiger partial charge is 0.0552 e. The van der Waals surface area contributed by atoms with Crippen LogP contribution >= 0.6 is 15.9 Å². The van der Waals surface area contributed by atoms with E-state index in [9.17, 15) is 5.11 Å². The minimum Gasteiger partial charge on any atom is -0.393 e. The fraction of sp³-hybridized carbons (Fsp3) is 0.538. The van der Waals surface area contributed by atoms with Crippen molar-refractivity contribution >= 4 is 15.9 Å². The first-order valence-corrected chi connectivity index (χ1v) is 6.30. The SMILES string of the molecule is CCC(C)c1ccc(CC(C)O)cc1Br. The van der Waals surface area contributed by atoms with Gasteiger partial charge in [0.15, 0.2) is 0 Å². The lowest BCUT2D eigenvalue weighted by Crippen LogP contribution is -2.04. The summed E-state index contributed by atoms with van der Waals surface area (Å²) in [6, 6.07) is 6.39. The third-order valence-corrected chi connectivity index (χ3v) is 3.43. The van der Waals surface area contributed by atoms with Gasteiger partial charge in [-0.05, 0) is 42.9 Å². The lowest BCUT2D eigenvalue weighted by atomic mass is 9.96. The zero-order chi connectivity index (χ0) is 11.4. The Morgan fingerprint density at radius 3 is 2.47 bits per heavy atom. The summed E-state index contributed by atoms with van der Waals surface area (Å²) in [6.45, 7) is 6.24. The molecule has 0 saturated carbocycles. The highest BCUT2D eigenvalue weighted by atomic mass is 79.9. The molecule has 0 aromatic heterocycles. The number of aliphatic hydroxyl groups excluding tert-OH is 1. The zero-order valence-electron chi connectivity index (χ0n) is 9.63. The van der Waals surface area contributed by atoms with Gasteiger partial charge >= 0.3 is 0 Å². The van der Waals surface area contributed by atoms with Crippen LogP contribution in [0.15, 0.2) is 22.7 Å². The largest absolute Gasteiger partial charge is 0.393 e. The molecule has 0 fully saturated rings. The van der Waals surface area contributed by atoms with Crippen molar-refractivity contribution in [2.75, 3.05) is 0 Å². The first-order chi connectivity index (χ1) is 7.04. The summed E-state index contributed by atoms with van der Waals surface area (Å²) >= 11 is 3.60. The quantitative estimate of drug-likeness (QED) is 0.881. The molecule has 15 heavy (non-hydrogen) atoms. The average Bonchev–Trinajstić information content (AvgIpc) is 2.16. The van der Waals surface area contributed by atoms with Crippen LogP contribution in [0.4, 0.5) is 0 Å². The third kappa shape index (κ3) is 3.62. The van der Waals surface area contributed by atoms with Crippen LogP contribution < -0.4 is 0 Å². The van der Waals surface area contributed by atoms with Crippen LogP contribution in [0.25, 0.3) is 0 Å². The molecule has 0 aliphatic heterocycles. The third-order valence-electron chi connectivity index (χ3n) is 2.74. The molecule has 1 nitrogen and oxygen atoms in total. The van der Waals surface area contributed by atoms with E-state index in [1.54, 1.807) is 0 Å². The summed E-state index contributed by atoms with van der Waals surface area (Å²) in [5.74, 6) is 0.583. The van der Waals surface area contributed by atoms with E-state index < -0.39 is 0 Å². The molecule has 0 saturated heterocycles. The van der Waals surface area contributed by atoms with Crippen LogP contribution in [0.3, 0.4) is 0 Å². The molecule has 2 unspecified atom stereocenters. The van der Waals surface area contributed by atoms with Crippen molar-refractivity contribution in [3.05, 3.63) is 33.8 Å². The van der Waals surface area contributed by atoms with Gasteiger partial charge in [-0.2, -0.15) is 0 Å². The average molecular weight is 271 g/mol. The molecule has 2 atom stereocenters. The summed E-state index contributed by atoms with van der Waals surface area (Å²) in [7, 11) is 0. The van der Waals surface area contributed by atoms with E-state index in [0.717, 1.165) is 17.3 Å². The van der Waals surface area contributed by atoms with Gasteiger partial charge in [-0.1, -0.05) is 41.9 Å². The van der Waals surface area contributed by atoms with Crippen molar-refractivity contribution in [2.24, 2.45) is 0 Å². The number of aliphatic hydroxyl groups is 1. The van der Waals surface area contributed by atoms with Gasteiger partial charge in [-0.3, -0.25) is 0 Å². The lowest BCUT2D eigenvalue weighted by Gasteiger charge is -2.13. The second-order valence-corrected chi connectivity index (χ2v) is 5.07. The molecule has 0 bridgehead atoms. The zero-order valence-corrected chi connectivity index (χ0v) is 11.2. The molecule has 0 aliphatic rings. The van der Waals surface area contributed by atoms with Crippen molar-refractivity contribution in [3.8, 4) is 0 Å². The molecular weight excluding hydrogens is 252 g/mol. The molecular formula is C13H19BrO. The summed E-state index contributed by atoms with van der Waals surface area (Å²) in [5.41, 5.74) is 2.54. The number of hydrogen-bond donors (Lipinski definition) is 1. The van der Waals surface area contributed by atoms with Gasteiger partial charge in [-0.25, -0.2) is 0 Å². The maximum atomic E-state index is 9.31. The predicted octanol–water partition coefficient (Wildman–Crippen LogP) is 3.89. The van der Waals surface area contributed by atoms with Crippen molar-refractivity contribution in [3.63, 3.8) is 0 Å². The van der Waals surface area contributed by atoms with Gasteiger partial charge in [0.2, 0.25) is 0 Å². The molecule has 0 spiro atoms. The Bertz CT molecular complexity index is 320. The Labute approximate surface area is 101 Å². The monoisotopic (exact) mass is 270 g/mol. The van der Waals surface area contributed by atoms with Crippen LogP contribution in [0.5, 0.6) is 0 Å².